The van der Waals surface area contributed by atoms with Gasteiger partial charge in [-0.3, -0.25) is 0 Å². The molecule has 5 rings (SSSR count). The van der Waals surface area contributed by atoms with Gasteiger partial charge in [-0.25, -0.2) is 0 Å². The standard InChI is InChI=1S/C22H29NO2/c1-14-11-21(2)19-9-15-5-6-17(24-4)10-18(15)22(21,7-8-23(19)3)12-16-13-25-20(14)16/h5-6,10-11,16,19-20H,7-9,12-13H2,1-4H3/t16?,19?,20?,21-,22?/m0/s1. The van der Waals surface area contributed by atoms with Crippen LogP contribution in [0.5, 0.6) is 5.75 Å². The molecule has 2 saturated heterocycles. The summed E-state index contributed by atoms with van der Waals surface area (Å²) in [6.07, 6.45) is 6.54. The minimum absolute atomic E-state index is 0.157. The van der Waals surface area contributed by atoms with Gasteiger partial charge in [0.25, 0.3) is 0 Å². The average molecular weight is 339 g/mol. The van der Waals surface area contributed by atoms with Gasteiger partial charge in [0.05, 0.1) is 19.8 Å². The van der Waals surface area contributed by atoms with Gasteiger partial charge in [0.15, 0.2) is 0 Å². The number of fused-ring (bicyclic) bond motifs is 2. The fourth-order valence-electron chi connectivity index (χ4n) is 6.54. The first kappa shape index (κ1) is 15.9. The highest BCUT2D eigenvalue weighted by atomic mass is 16.5. The predicted molar refractivity (Wildman–Crippen MR) is 99.1 cm³/mol. The van der Waals surface area contributed by atoms with Gasteiger partial charge >= 0.3 is 0 Å². The largest absolute Gasteiger partial charge is 0.497 e. The number of benzene rings is 1. The third-order valence-corrected chi connectivity index (χ3v) is 7.90. The number of ether oxygens (including phenoxy) is 2. The summed E-state index contributed by atoms with van der Waals surface area (Å²) in [4.78, 5) is 2.60. The Balaban J connectivity index is 1.77. The van der Waals surface area contributed by atoms with Crippen LogP contribution in [0.2, 0.25) is 0 Å². The van der Waals surface area contributed by atoms with Crippen molar-refractivity contribution in [3.8, 4) is 5.75 Å². The Morgan fingerprint density at radius 1 is 1.32 bits per heavy atom. The van der Waals surface area contributed by atoms with Gasteiger partial charge < -0.3 is 14.4 Å². The molecule has 4 unspecified atom stereocenters. The van der Waals surface area contributed by atoms with E-state index in [0.29, 0.717) is 18.1 Å². The monoisotopic (exact) mass is 339 g/mol. The Hall–Kier alpha value is -1.32. The van der Waals surface area contributed by atoms with Crippen molar-refractivity contribution < 1.29 is 9.47 Å². The molecular weight excluding hydrogens is 310 g/mol. The highest BCUT2D eigenvalue weighted by Gasteiger charge is 2.62. The molecule has 2 bridgehead atoms. The van der Waals surface area contributed by atoms with E-state index in [-0.39, 0.29) is 10.8 Å². The van der Waals surface area contributed by atoms with Crippen molar-refractivity contribution in [1.29, 1.82) is 0 Å². The molecule has 4 aliphatic rings. The van der Waals surface area contributed by atoms with Crippen LogP contribution in [-0.2, 0) is 16.6 Å². The third-order valence-electron chi connectivity index (χ3n) is 7.90. The molecule has 1 aromatic carbocycles. The molecule has 2 heterocycles. The lowest BCUT2D eigenvalue weighted by atomic mass is 9.47. The van der Waals surface area contributed by atoms with Gasteiger partial charge in [-0.05, 0) is 68.6 Å². The van der Waals surface area contributed by atoms with Gasteiger partial charge in [-0.1, -0.05) is 19.1 Å². The van der Waals surface area contributed by atoms with E-state index in [0.717, 1.165) is 18.8 Å². The Morgan fingerprint density at radius 3 is 2.88 bits per heavy atom. The second kappa shape index (κ2) is 5.11. The number of nitrogens with zero attached hydrogens (tertiary/aromatic N) is 1. The van der Waals surface area contributed by atoms with Crippen LogP contribution in [0.15, 0.2) is 29.8 Å². The Labute approximate surface area is 151 Å². The van der Waals surface area contributed by atoms with E-state index in [4.69, 9.17) is 9.47 Å². The molecule has 134 valence electrons. The number of likely N-dealkylation sites (N-methyl/N-ethyl adjacent to an activating group) is 1. The van der Waals surface area contributed by atoms with Crippen molar-refractivity contribution >= 4 is 0 Å². The SMILES string of the molecule is COc1ccc2c(c1)C13CCN(C)C(C2)[C@]1(C)C=C(C)C1OCC1C3. The van der Waals surface area contributed by atoms with Crippen molar-refractivity contribution in [1.82, 2.24) is 4.90 Å². The molecule has 5 atom stereocenters. The maximum Gasteiger partial charge on any atom is 0.119 e. The fourth-order valence-corrected chi connectivity index (χ4v) is 6.54. The van der Waals surface area contributed by atoms with Crippen LogP contribution in [0.25, 0.3) is 0 Å². The molecule has 2 aliphatic heterocycles. The molecule has 0 saturated carbocycles. The summed E-state index contributed by atoms with van der Waals surface area (Å²) in [6, 6.07) is 7.37. The van der Waals surface area contributed by atoms with Crippen LogP contribution < -0.4 is 4.74 Å². The summed E-state index contributed by atoms with van der Waals surface area (Å²) in [5, 5.41) is 0. The Kier molecular flexibility index (Phi) is 3.25. The van der Waals surface area contributed by atoms with Gasteiger partial charge in [-0.15, -0.1) is 0 Å². The highest BCUT2D eigenvalue weighted by Crippen LogP contribution is 2.62. The molecule has 2 aliphatic carbocycles. The molecule has 3 nitrogen and oxygen atoms in total. The topological polar surface area (TPSA) is 21.7 Å². The molecule has 0 N–H and O–H groups in total. The molecule has 0 spiro atoms. The molecule has 25 heavy (non-hydrogen) atoms. The van der Waals surface area contributed by atoms with Gasteiger partial charge in [0.1, 0.15) is 5.75 Å². The first-order chi connectivity index (χ1) is 12.0. The number of hydrogen-bond acceptors (Lipinski definition) is 3. The van der Waals surface area contributed by atoms with Crippen molar-refractivity contribution in [2.75, 3.05) is 27.3 Å². The summed E-state index contributed by atoms with van der Waals surface area (Å²) in [6.45, 7) is 6.91. The number of likely N-dealkylation sites (tertiary alicyclic amines) is 1. The smallest absolute Gasteiger partial charge is 0.119 e. The van der Waals surface area contributed by atoms with Crippen molar-refractivity contribution in [2.45, 2.75) is 50.7 Å². The van der Waals surface area contributed by atoms with Crippen LogP contribution >= 0.6 is 0 Å². The second-order valence-electron chi connectivity index (χ2n) is 8.94. The first-order valence-electron chi connectivity index (χ1n) is 9.67. The molecule has 1 aromatic rings. The lowest BCUT2D eigenvalue weighted by molar-refractivity contribution is -0.113. The van der Waals surface area contributed by atoms with Crippen LogP contribution in [0.1, 0.15) is 37.8 Å². The van der Waals surface area contributed by atoms with Crippen molar-refractivity contribution in [3.05, 3.63) is 41.0 Å². The number of hydrogen-bond donors (Lipinski definition) is 0. The third kappa shape index (κ3) is 1.89. The molecular formula is C22H29NO2. The van der Waals surface area contributed by atoms with E-state index in [2.05, 4.69) is 50.1 Å². The molecule has 0 aromatic heterocycles. The van der Waals surface area contributed by atoms with E-state index >= 15 is 0 Å². The molecule has 0 radical (unpaired) electrons. The van der Waals surface area contributed by atoms with Crippen molar-refractivity contribution in [2.24, 2.45) is 11.3 Å². The summed E-state index contributed by atoms with van der Waals surface area (Å²) in [5.41, 5.74) is 4.89. The summed E-state index contributed by atoms with van der Waals surface area (Å²) >= 11 is 0. The van der Waals surface area contributed by atoms with Gasteiger partial charge in [0.2, 0.25) is 0 Å². The van der Waals surface area contributed by atoms with E-state index in [1.54, 1.807) is 12.7 Å². The zero-order valence-electron chi connectivity index (χ0n) is 15.8. The maximum atomic E-state index is 5.98. The Bertz CT molecular complexity index is 756. The van der Waals surface area contributed by atoms with Crippen LogP contribution in [0.4, 0.5) is 0 Å². The maximum absolute atomic E-state index is 5.98. The quantitative estimate of drug-likeness (QED) is 0.730. The van der Waals surface area contributed by atoms with E-state index in [1.165, 1.54) is 30.5 Å². The van der Waals surface area contributed by atoms with Gasteiger partial charge in [-0.2, -0.15) is 0 Å². The summed E-state index contributed by atoms with van der Waals surface area (Å²) in [7, 11) is 4.10. The first-order valence-corrected chi connectivity index (χ1v) is 9.67. The lowest BCUT2D eigenvalue weighted by Crippen LogP contribution is -2.64. The number of rotatable bonds is 1. The molecule has 0 amide bonds. The summed E-state index contributed by atoms with van der Waals surface area (Å²) < 4.78 is 11.6. The Morgan fingerprint density at radius 2 is 2.16 bits per heavy atom. The van der Waals surface area contributed by atoms with Gasteiger partial charge in [0, 0.05) is 22.8 Å². The summed E-state index contributed by atoms with van der Waals surface area (Å²) in [5.74, 6) is 1.67. The normalized spacial score (nSPS) is 42.2. The van der Waals surface area contributed by atoms with E-state index in [9.17, 15) is 0 Å². The van der Waals surface area contributed by atoms with E-state index in [1.807, 2.05) is 0 Å². The second-order valence-corrected chi connectivity index (χ2v) is 8.94. The highest BCUT2D eigenvalue weighted by molar-refractivity contribution is 5.49. The minimum atomic E-state index is 0.157. The number of piperidine rings is 1. The molecule has 2 fully saturated rings. The van der Waals surface area contributed by atoms with Crippen LogP contribution in [0.3, 0.4) is 0 Å². The lowest BCUT2D eigenvalue weighted by Gasteiger charge is -2.62. The predicted octanol–water partition coefficient (Wildman–Crippen LogP) is 3.56. The minimum Gasteiger partial charge on any atom is -0.497 e. The van der Waals surface area contributed by atoms with Crippen molar-refractivity contribution in [3.63, 3.8) is 0 Å². The van der Waals surface area contributed by atoms with Crippen LogP contribution in [0, 0.1) is 11.3 Å². The average Bonchev–Trinajstić information content (AvgIpc) is 2.62. The van der Waals surface area contributed by atoms with E-state index < -0.39 is 0 Å². The fraction of sp³-hybridized carbons (Fsp3) is 0.636. The van der Waals surface area contributed by atoms with Crippen LogP contribution in [-0.4, -0.2) is 44.4 Å². The zero-order chi connectivity index (χ0) is 17.4. The molecule has 3 heteroatoms. The number of methoxy groups -OCH3 is 1. The zero-order valence-corrected chi connectivity index (χ0v) is 15.8.